The minimum atomic E-state index is -1.03. The van der Waals surface area contributed by atoms with Gasteiger partial charge < -0.3 is 19.5 Å². The molecule has 2 aromatic rings. The number of benzene rings is 2. The lowest BCUT2D eigenvalue weighted by atomic mass is 10.1. The fraction of sp³-hybridized carbons (Fsp3) is 0.318. The van der Waals surface area contributed by atoms with Gasteiger partial charge in [0.1, 0.15) is 24.1 Å². The van der Waals surface area contributed by atoms with Gasteiger partial charge in [-0.05, 0) is 61.4 Å². The number of methoxy groups -OCH3 is 2. The summed E-state index contributed by atoms with van der Waals surface area (Å²) in [4.78, 5) is 40.3. The second kappa shape index (κ2) is 9.30. The Morgan fingerprint density at radius 2 is 1.57 bits per heavy atom. The van der Waals surface area contributed by atoms with Gasteiger partial charge in [0, 0.05) is 17.8 Å². The minimum Gasteiger partial charge on any atom is -0.497 e. The number of ether oxygens (including phenoxy) is 2. The zero-order valence-corrected chi connectivity index (χ0v) is 16.9. The van der Waals surface area contributed by atoms with Crippen LogP contribution in [-0.2, 0) is 9.59 Å². The number of hydrogen-bond donors (Lipinski definition) is 1. The zero-order valence-electron chi connectivity index (χ0n) is 16.9. The fourth-order valence-electron chi connectivity index (χ4n) is 3.48. The van der Waals surface area contributed by atoms with Crippen LogP contribution in [0.1, 0.15) is 23.2 Å². The van der Waals surface area contributed by atoms with Gasteiger partial charge in [-0.1, -0.05) is 0 Å². The Kier molecular flexibility index (Phi) is 6.56. The second-order valence-corrected chi connectivity index (χ2v) is 6.90. The molecular weight excluding hydrogens is 388 g/mol. The summed E-state index contributed by atoms with van der Waals surface area (Å²) >= 11 is 0. The molecule has 2 aromatic carbocycles. The monoisotopic (exact) mass is 412 g/mol. The quantitative estimate of drug-likeness (QED) is 0.750. The molecule has 1 heterocycles. The van der Waals surface area contributed by atoms with Crippen molar-refractivity contribution in [3.8, 4) is 11.5 Å². The van der Waals surface area contributed by atoms with E-state index in [2.05, 4.69) is 0 Å². The Balaban J connectivity index is 1.89. The van der Waals surface area contributed by atoms with E-state index in [0.29, 0.717) is 42.1 Å². The van der Waals surface area contributed by atoms with E-state index in [0.717, 1.165) is 0 Å². The van der Waals surface area contributed by atoms with E-state index >= 15 is 0 Å². The average Bonchev–Trinajstić information content (AvgIpc) is 3.28. The summed E-state index contributed by atoms with van der Waals surface area (Å²) in [6.07, 6.45) is 1.04. The van der Waals surface area contributed by atoms with Gasteiger partial charge in [0.15, 0.2) is 0 Å². The maximum atomic E-state index is 13.2. The number of amides is 2. The molecule has 1 N–H and O–H groups in total. The van der Waals surface area contributed by atoms with Gasteiger partial charge in [0.05, 0.1) is 14.2 Å². The van der Waals surface area contributed by atoms with Crippen molar-refractivity contribution in [1.29, 1.82) is 0 Å². The van der Waals surface area contributed by atoms with E-state index in [9.17, 15) is 19.5 Å². The summed E-state index contributed by atoms with van der Waals surface area (Å²) in [6, 6.07) is 12.5. The van der Waals surface area contributed by atoms with Crippen LogP contribution in [0.4, 0.5) is 5.69 Å². The van der Waals surface area contributed by atoms with E-state index in [1.54, 1.807) is 48.5 Å². The van der Waals surface area contributed by atoms with Crippen molar-refractivity contribution in [1.82, 2.24) is 4.90 Å². The van der Waals surface area contributed by atoms with Gasteiger partial charge in [-0.15, -0.1) is 0 Å². The summed E-state index contributed by atoms with van der Waals surface area (Å²) in [6.45, 7) is 0.101. The molecule has 0 aliphatic carbocycles. The van der Waals surface area contributed by atoms with Crippen molar-refractivity contribution < 1.29 is 29.0 Å². The molecule has 1 saturated heterocycles. The third-order valence-electron chi connectivity index (χ3n) is 5.12. The first-order chi connectivity index (χ1) is 14.4. The van der Waals surface area contributed by atoms with Crippen LogP contribution in [0.2, 0.25) is 0 Å². The number of hydrogen-bond acceptors (Lipinski definition) is 5. The standard InChI is InChI=1S/C22H24N2O6/c1-29-17-9-5-15(6-10-17)21(26)24(16-7-11-18(30-2)12-8-16)14-20(25)23-13-3-4-19(23)22(27)28/h5-12,19H,3-4,13-14H2,1-2H3,(H,27,28)/t19-/m0/s1. The molecule has 0 aromatic heterocycles. The van der Waals surface area contributed by atoms with Crippen molar-refractivity contribution in [2.45, 2.75) is 18.9 Å². The molecule has 0 unspecified atom stereocenters. The van der Waals surface area contributed by atoms with Crippen molar-refractivity contribution in [3.05, 3.63) is 54.1 Å². The third-order valence-corrected chi connectivity index (χ3v) is 5.12. The van der Waals surface area contributed by atoms with Crippen LogP contribution >= 0.6 is 0 Å². The number of carboxylic acids is 1. The summed E-state index contributed by atoms with van der Waals surface area (Å²) in [5.74, 6) is -0.578. The van der Waals surface area contributed by atoms with E-state index in [4.69, 9.17) is 9.47 Å². The third kappa shape index (κ3) is 4.53. The van der Waals surface area contributed by atoms with E-state index in [1.807, 2.05) is 0 Å². The molecule has 1 fully saturated rings. The Labute approximate surface area is 174 Å². The number of likely N-dealkylation sites (tertiary alicyclic amines) is 1. The molecule has 0 bridgehead atoms. The molecule has 3 rings (SSSR count). The van der Waals surface area contributed by atoms with Crippen molar-refractivity contribution in [2.75, 3.05) is 32.2 Å². The molecular formula is C22H24N2O6. The minimum absolute atomic E-state index is 0.263. The molecule has 0 saturated carbocycles. The summed E-state index contributed by atoms with van der Waals surface area (Å²) in [7, 11) is 3.08. The Hall–Kier alpha value is -3.55. The van der Waals surface area contributed by atoms with Crippen LogP contribution in [0.25, 0.3) is 0 Å². The van der Waals surface area contributed by atoms with Crippen LogP contribution < -0.4 is 14.4 Å². The number of rotatable bonds is 7. The number of carboxylic acid groups (broad SMARTS) is 1. The van der Waals surface area contributed by atoms with Crippen LogP contribution in [0.15, 0.2) is 48.5 Å². The van der Waals surface area contributed by atoms with E-state index < -0.39 is 17.9 Å². The van der Waals surface area contributed by atoms with Crippen molar-refractivity contribution >= 4 is 23.5 Å². The summed E-state index contributed by atoms with van der Waals surface area (Å²) < 4.78 is 10.3. The maximum absolute atomic E-state index is 13.2. The number of nitrogens with zero attached hydrogens (tertiary/aromatic N) is 2. The lowest BCUT2D eigenvalue weighted by Gasteiger charge is -2.27. The molecule has 8 heteroatoms. The molecule has 158 valence electrons. The van der Waals surface area contributed by atoms with Crippen LogP contribution in [0.5, 0.6) is 11.5 Å². The largest absolute Gasteiger partial charge is 0.497 e. The average molecular weight is 412 g/mol. The van der Waals surface area contributed by atoms with Crippen LogP contribution in [0, 0.1) is 0 Å². The number of carbonyl (C=O) groups excluding carboxylic acids is 2. The van der Waals surface area contributed by atoms with Crippen molar-refractivity contribution in [2.24, 2.45) is 0 Å². The number of carbonyl (C=O) groups is 3. The highest BCUT2D eigenvalue weighted by molar-refractivity contribution is 6.09. The van der Waals surface area contributed by atoms with Gasteiger partial charge >= 0.3 is 5.97 Å². The molecule has 0 radical (unpaired) electrons. The van der Waals surface area contributed by atoms with Crippen LogP contribution in [-0.4, -0.2) is 61.1 Å². The molecule has 0 spiro atoms. The summed E-state index contributed by atoms with van der Waals surface area (Å²) in [5, 5.41) is 9.38. The number of anilines is 1. The summed E-state index contributed by atoms with van der Waals surface area (Å²) in [5.41, 5.74) is 0.895. The Morgan fingerprint density at radius 3 is 2.10 bits per heavy atom. The smallest absolute Gasteiger partial charge is 0.326 e. The highest BCUT2D eigenvalue weighted by atomic mass is 16.5. The Bertz CT molecular complexity index is 910. The molecule has 1 aliphatic heterocycles. The Morgan fingerprint density at radius 1 is 1.00 bits per heavy atom. The first-order valence-corrected chi connectivity index (χ1v) is 9.57. The van der Waals surface area contributed by atoms with Gasteiger partial charge in [-0.2, -0.15) is 0 Å². The van der Waals surface area contributed by atoms with Gasteiger partial charge in [0.25, 0.3) is 5.91 Å². The molecule has 1 atom stereocenters. The predicted molar refractivity (Wildman–Crippen MR) is 110 cm³/mol. The lowest BCUT2D eigenvalue weighted by molar-refractivity contribution is -0.147. The van der Waals surface area contributed by atoms with E-state index in [-0.39, 0.29) is 12.5 Å². The fourth-order valence-corrected chi connectivity index (χ4v) is 3.48. The molecule has 1 aliphatic rings. The normalized spacial score (nSPS) is 15.5. The topological polar surface area (TPSA) is 96.4 Å². The van der Waals surface area contributed by atoms with E-state index in [1.165, 1.54) is 24.0 Å². The first-order valence-electron chi connectivity index (χ1n) is 9.57. The molecule has 8 nitrogen and oxygen atoms in total. The van der Waals surface area contributed by atoms with Gasteiger partial charge in [0.2, 0.25) is 5.91 Å². The highest BCUT2D eigenvalue weighted by Crippen LogP contribution is 2.24. The predicted octanol–water partition coefficient (Wildman–Crippen LogP) is 2.43. The zero-order chi connectivity index (χ0) is 21.7. The molecule has 30 heavy (non-hydrogen) atoms. The number of aliphatic carboxylic acids is 1. The highest BCUT2D eigenvalue weighted by Gasteiger charge is 2.35. The lowest BCUT2D eigenvalue weighted by Crippen LogP contribution is -2.47. The van der Waals surface area contributed by atoms with Gasteiger partial charge in [-0.3, -0.25) is 14.5 Å². The van der Waals surface area contributed by atoms with Crippen molar-refractivity contribution in [3.63, 3.8) is 0 Å². The maximum Gasteiger partial charge on any atom is 0.326 e. The SMILES string of the molecule is COc1ccc(C(=O)N(CC(=O)N2CCC[C@H]2C(=O)O)c2ccc(OC)cc2)cc1. The first kappa shape index (κ1) is 21.2. The molecule has 2 amide bonds. The second-order valence-electron chi connectivity index (χ2n) is 6.90. The van der Waals surface area contributed by atoms with Crippen LogP contribution in [0.3, 0.4) is 0 Å². The van der Waals surface area contributed by atoms with Gasteiger partial charge in [-0.25, -0.2) is 4.79 Å².